The lowest BCUT2D eigenvalue weighted by Gasteiger charge is -2.36. The molecule has 5 nitrogen and oxygen atoms in total. The summed E-state index contributed by atoms with van der Waals surface area (Å²) in [5.41, 5.74) is 4.52. The van der Waals surface area contributed by atoms with Gasteiger partial charge in [0.2, 0.25) is 11.8 Å². The van der Waals surface area contributed by atoms with Gasteiger partial charge in [0.05, 0.1) is 18.6 Å². The number of hydrogen-bond acceptors (Lipinski definition) is 3. The summed E-state index contributed by atoms with van der Waals surface area (Å²) < 4.78 is 4.92. The number of nitrogens with two attached hydrogens (primary N) is 1. The Hall–Kier alpha value is -1.10. The lowest BCUT2D eigenvalue weighted by atomic mass is 9.87. The van der Waals surface area contributed by atoms with Crippen molar-refractivity contribution in [2.75, 3.05) is 13.2 Å². The number of hydrogen-bond donors (Lipinski definition) is 2. The first-order valence-corrected chi connectivity index (χ1v) is 4.14. The van der Waals surface area contributed by atoms with E-state index in [-0.39, 0.29) is 5.91 Å². The minimum absolute atomic E-state index is 0.176. The van der Waals surface area contributed by atoms with E-state index < -0.39 is 17.4 Å². The van der Waals surface area contributed by atoms with Gasteiger partial charge in [-0.1, -0.05) is 0 Å². The SMILES string of the molecule is C[C@@H](NC(=O)C1(C)COC1)C(N)=O. The van der Waals surface area contributed by atoms with E-state index in [9.17, 15) is 9.59 Å². The van der Waals surface area contributed by atoms with Crippen molar-refractivity contribution in [3.63, 3.8) is 0 Å². The lowest BCUT2D eigenvalue weighted by Crippen LogP contribution is -2.55. The summed E-state index contributed by atoms with van der Waals surface area (Å²) in [5.74, 6) is -0.706. The molecule has 0 bridgehead atoms. The van der Waals surface area contributed by atoms with E-state index in [1.165, 1.54) is 0 Å². The molecule has 3 N–H and O–H groups in total. The molecule has 1 aliphatic rings. The lowest BCUT2D eigenvalue weighted by molar-refractivity contribution is -0.159. The highest BCUT2D eigenvalue weighted by atomic mass is 16.5. The van der Waals surface area contributed by atoms with Crippen molar-refractivity contribution in [2.45, 2.75) is 19.9 Å². The van der Waals surface area contributed by atoms with Crippen molar-refractivity contribution >= 4 is 11.8 Å². The van der Waals surface area contributed by atoms with Crippen LogP contribution in [0.25, 0.3) is 0 Å². The highest BCUT2D eigenvalue weighted by Gasteiger charge is 2.41. The van der Waals surface area contributed by atoms with E-state index in [0.717, 1.165) is 0 Å². The molecule has 1 heterocycles. The van der Waals surface area contributed by atoms with E-state index in [1.54, 1.807) is 13.8 Å². The highest BCUT2D eigenvalue weighted by Crippen LogP contribution is 2.26. The topological polar surface area (TPSA) is 81.4 Å². The molecule has 1 atom stereocenters. The first-order valence-electron chi connectivity index (χ1n) is 4.14. The van der Waals surface area contributed by atoms with Crippen LogP contribution in [0.4, 0.5) is 0 Å². The largest absolute Gasteiger partial charge is 0.379 e. The van der Waals surface area contributed by atoms with Crippen LogP contribution in [-0.2, 0) is 14.3 Å². The maximum atomic E-state index is 11.5. The third-order valence-corrected chi connectivity index (χ3v) is 2.16. The van der Waals surface area contributed by atoms with Crippen molar-refractivity contribution in [1.29, 1.82) is 0 Å². The molecule has 1 fully saturated rings. The number of nitrogens with one attached hydrogen (secondary N) is 1. The number of carbonyl (C=O) groups is 2. The van der Waals surface area contributed by atoms with Crippen LogP contribution in [0.5, 0.6) is 0 Å². The smallest absolute Gasteiger partial charge is 0.239 e. The normalized spacial score (nSPS) is 21.4. The molecule has 0 aromatic rings. The number of rotatable bonds is 3. The van der Waals surface area contributed by atoms with Crippen LogP contribution in [-0.4, -0.2) is 31.1 Å². The average Bonchev–Trinajstić information content (AvgIpc) is 1.99. The van der Waals surface area contributed by atoms with Gasteiger partial charge >= 0.3 is 0 Å². The maximum Gasteiger partial charge on any atom is 0.239 e. The second-order valence-electron chi connectivity index (χ2n) is 3.65. The molecule has 0 aromatic heterocycles. The first kappa shape index (κ1) is 9.98. The van der Waals surface area contributed by atoms with Crippen molar-refractivity contribution in [3.8, 4) is 0 Å². The summed E-state index contributed by atoms with van der Waals surface area (Å²) in [6, 6.07) is -0.620. The third kappa shape index (κ3) is 1.98. The second-order valence-corrected chi connectivity index (χ2v) is 3.65. The Morgan fingerprint density at radius 2 is 2.08 bits per heavy atom. The zero-order valence-electron chi connectivity index (χ0n) is 7.79. The van der Waals surface area contributed by atoms with Crippen LogP contribution < -0.4 is 11.1 Å². The predicted octanol–water partition coefficient (Wildman–Crippen LogP) is -0.987. The summed E-state index contributed by atoms with van der Waals surface area (Å²) in [7, 11) is 0. The van der Waals surface area contributed by atoms with Crippen LogP contribution >= 0.6 is 0 Å². The molecular formula is C8H14N2O3. The molecule has 0 saturated carbocycles. The van der Waals surface area contributed by atoms with Gasteiger partial charge in [-0.2, -0.15) is 0 Å². The minimum atomic E-state index is -0.620. The molecule has 0 radical (unpaired) electrons. The van der Waals surface area contributed by atoms with Gasteiger partial charge in [-0.3, -0.25) is 9.59 Å². The standard InChI is InChI=1S/C8H14N2O3/c1-5(6(9)11)10-7(12)8(2)3-13-4-8/h5H,3-4H2,1-2H3,(H2,9,11)(H,10,12)/t5-/m1/s1. The molecule has 13 heavy (non-hydrogen) atoms. The van der Waals surface area contributed by atoms with Crippen LogP contribution in [0.2, 0.25) is 0 Å². The number of amides is 2. The molecule has 1 aliphatic heterocycles. The molecule has 74 valence electrons. The van der Waals surface area contributed by atoms with E-state index in [0.29, 0.717) is 13.2 Å². The molecule has 0 unspecified atom stereocenters. The maximum absolute atomic E-state index is 11.5. The van der Waals surface area contributed by atoms with Gasteiger partial charge in [0.25, 0.3) is 0 Å². The number of primary amides is 1. The molecule has 0 aromatic carbocycles. The average molecular weight is 186 g/mol. The third-order valence-electron chi connectivity index (χ3n) is 2.16. The summed E-state index contributed by atoms with van der Waals surface area (Å²) in [4.78, 5) is 22.1. The summed E-state index contributed by atoms with van der Waals surface area (Å²) >= 11 is 0. The number of carbonyl (C=O) groups excluding carboxylic acids is 2. The van der Waals surface area contributed by atoms with Gasteiger partial charge in [0, 0.05) is 0 Å². The Morgan fingerprint density at radius 3 is 2.38 bits per heavy atom. The van der Waals surface area contributed by atoms with Crippen LogP contribution in [0.15, 0.2) is 0 Å². The van der Waals surface area contributed by atoms with Gasteiger partial charge in [-0.05, 0) is 13.8 Å². The first-order chi connectivity index (χ1) is 5.96. The molecule has 1 rings (SSSR count). The van der Waals surface area contributed by atoms with Gasteiger partial charge in [0.15, 0.2) is 0 Å². The molecule has 5 heteroatoms. The van der Waals surface area contributed by atoms with E-state index >= 15 is 0 Å². The van der Waals surface area contributed by atoms with Crippen molar-refractivity contribution in [2.24, 2.45) is 11.1 Å². The fourth-order valence-corrected chi connectivity index (χ4v) is 0.981. The van der Waals surface area contributed by atoms with Crippen molar-refractivity contribution < 1.29 is 14.3 Å². The zero-order chi connectivity index (χ0) is 10.1. The highest BCUT2D eigenvalue weighted by molar-refractivity contribution is 5.89. The molecule has 1 saturated heterocycles. The van der Waals surface area contributed by atoms with Crippen LogP contribution in [0, 0.1) is 5.41 Å². The van der Waals surface area contributed by atoms with Crippen LogP contribution in [0.3, 0.4) is 0 Å². The Balaban J connectivity index is 2.45. The fraction of sp³-hybridized carbons (Fsp3) is 0.750. The number of ether oxygens (including phenoxy) is 1. The Labute approximate surface area is 76.6 Å². The quantitative estimate of drug-likeness (QED) is 0.594. The van der Waals surface area contributed by atoms with E-state index in [1.807, 2.05) is 0 Å². The van der Waals surface area contributed by atoms with Gasteiger partial charge in [-0.25, -0.2) is 0 Å². The predicted molar refractivity (Wildman–Crippen MR) is 45.7 cm³/mol. The minimum Gasteiger partial charge on any atom is -0.379 e. The Bertz CT molecular complexity index is 236. The van der Waals surface area contributed by atoms with Crippen LogP contribution in [0.1, 0.15) is 13.8 Å². The van der Waals surface area contributed by atoms with E-state index in [2.05, 4.69) is 5.32 Å². The zero-order valence-corrected chi connectivity index (χ0v) is 7.79. The van der Waals surface area contributed by atoms with Gasteiger partial charge < -0.3 is 15.8 Å². The Morgan fingerprint density at radius 1 is 1.54 bits per heavy atom. The molecule has 0 aliphatic carbocycles. The Kier molecular flexibility index (Phi) is 2.56. The van der Waals surface area contributed by atoms with Crippen molar-refractivity contribution in [1.82, 2.24) is 5.32 Å². The molecule has 2 amide bonds. The monoisotopic (exact) mass is 186 g/mol. The summed E-state index contributed by atoms with van der Waals surface area (Å²) in [5, 5.41) is 2.53. The molecule has 0 spiro atoms. The van der Waals surface area contributed by atoms with Gasteiger partial charge in [-0.15, -0.1) is 0 Å². The molecular weight excluding hydrogens is 172 g/mol. The van der Waals surface area contributed by atoms with Crippen molar-refractivity contribution in [3.05, 3.63) is 0 Å². The summed E-state index contributed by atoms with van der Waals surface area (Å²) in [6.45, 7) is 4.16. The summed E-state index contributed by atoms with van der Waals surface area (Å²) in [6.07, 6.45) is 0. The van der Waals surface area contributed by atoms with E-state index in [4.69, 9.17) is 10.5 Å². The van der Waals surface area contributed by atoms with Gasteiger partial charge in [0.1, 0.15) is 6.04 Å². The fourth-order valence-electron chi connectivity index (χ4n) is 0.981. The second kappa shape index (κ2) is 3.33.